The molecule has 0 aliphatic rings. The summed E-state index contributed by atoms with van der Waals surface area (Å²) in [6.45, 7) is 5.75. The molecule has 0 heterocycles. The van der Waals surface area contributed by atoms with Crippen molar-refractivity contribution in [1.82, 2.24) is 5.32 Å². The molecule has 0 aliphatic carbocycles. The molecule has 0 saturated heterocycles. The summed E-state index contributed by atoms with van der Waals surface area (Å²) in [5.74, 6) is -2.08. The first kappa shape index (κ1) is 12.9. The van der Waals surface area contributed by atoms with Crippen molar-refractivity contribution in [2.75, 3.05) is 0 Å². The molecule has 0 fully saturated rings. The van der Waals surface area contributed by atoms with E-state index in [1.165, 1.54) is 0 Å². The van der Waals surface area contributed by atoms with E-state index in [0.29, 0.717) is 6.07 Å². The van der Waals surface area contributed by atoms with Crippen LogP contribution in [0, 0.1) is 11.6 Å². The molecule has 0 aromatic heterocycles. The highest BCUT2D eigenvalue weighted by Crippen LogP contribution is 2.28. The fourth-order valence-corrected chi connectivity index (χ4v) is 1.55. The second kappa shape index (κ2) is 5.25. The number of nitrogens with one attached hydrogen (secondary N) is 1. The van der Waals surface area contributed by atoms with Gasteiger partial charge in [-0.3, -0.25) is 0 Å². The van der Waals surface area contributed by atoms with Gasteiger partial charge in [0, 0.05) is 23.7 Å². The average Bonchev–Trinajstić information content (AvgIpc) is 2.22. The summed E-state index contributed by atoms with van der Waals surface area (Å²) in [5, 5.41) is 12.6. The number of phenols is 1. The Morgan fingerprint density at radius 1 is 1.31 bits per heavy atom. The van der Waals surface area contributed by atoms with Gasteiger partial charge in [0.05, 0.1) is 0 Å². The van der Waals surface area contributed by atoms with Crippen molar-refractivity contribution in [3.05, 3.63) is 29.3 Å². The Morgan fingerprint density at radius 3 is 2.50 bits per heavy atom. The van der Waals surface area contributed by atoms with E-state index in [0.717, 1.165) is 12.5 Å². The number of rotatable bonds is 4. The zero-order valence-electron chi connectivity index (χ0n) is 9.72. The maximum atomic E-state index is 13.1. The van der Waals surface area contributed by atoms with Gasteiger partial charge in [0.2, 0.25) is 0 Å². The third kappa shape index (κ3) is 2.92. The van der Waals surface area contributed by atoms with Gasteiger partial charge < -0.3 is 10.4 Å². The van der Waals surface area contributed by atoms with Crippen molar-refractivity contribution < 1.29 is 13.9 Å². The molecule has 2 nitrogen and oxygen atoms in total. The lowest BCUT2D eigenvalue weighted by Crippen LogP contribution is -2.28. The second-order valence-electron chi connectivity index (χ2n) is 4.02. The molecule has 0 bridgehead atoms. The minimum Gasteiger partial charge on any atom is -0.505 e. The lowest BCUT2D eigenvalue weighted by atomic mass is 10.1. The molecule has 1 rings (SSSR count). The first-order chi connectivity index (χ1) is 7.45. The van der Waals surface area contributed by atoms with Crippen LogP contribution in [0.25, 0.3) is 0 Å². The van der Waals surface area contributed by atoms with Gasteiger partial charge in [-0.15, -0.1) is 0 Å². The van der Waals surface area contributed by atoms with Gasteiger partial charge in [0.1, 0.15) is 5.82 Å². The first-order valence-electron chi connectivity index (χ1n) is 5.39. The van der Waals surface area contributed by atoms with Crippen LogP contribution in [0.2, 0.25) is 0 Å². The number of aromatic hydroxyl groups is 1. The number of benzene rings is 1. The molecule has 0 spiro atoms. The van der Waals surface area contributed by atoms with Crippen molar-refractivity contribution in [1.29, 1.82) is 0 Å². The van der Waals surface area contributed by atoms with Crippen LogP contribution in [-0.2, 0) is 0 Å². The maximum absolute atomic E-state index is 13.1. The molecular weight excluding hydrogens is 212 g/mol. The van der Waals surface area contributed by atoms with E-state index in [1.807, 2.05) is 13.8 Å². The zero-order valence-corrected chi connectivity index (χ0v) is 9.72. The molecule has 0 amide bonds. The van der Waals surface area contributed by atoms with Gasteiger partial charge in [0.15, 0.2) is 11.6 Å². The summed E-state index contributed by atoms with van der Waals surface area (Å²) in [5.41, 5.74) is 0.248. The van der Waals surface area contributed by atoms with Crippen molar-refractivity contribution >= 4 is 0 Å². The number of hydrogen-bond donors (Lipinski definition) is 2. The van der Waals surface area contributed by atoms with Gasteiger partial charge in [-0.05, 0) is 26.3 Å². The van der Waals surface area contributed by atoms with Crippen LogP contribution in [-0.4, -0.2) is 11.1 Å². The molecule has 2 atom stereocenters. The monoisotopic (exact) mass is 229 g/mol. The van der Waals surface area contributed by atoms with Gasteiger partial charge in [-0.2, -0.15) is 0 Å². The Bertz CT molecular complexity index is 368. The van der Waals surface area contributed by atoms with Gasteiger partial charge in [0.25, 0.3) is 0 Å². The molecule has 0 saturated carbocycles. The van der Waals surface area contributed by atoms with Crippen LogP contribution in [0.15, 0.2) is 12.1 Å². The summed E-state index contributed by atoms with van der Waals surface area (Å²) in [4.78, 5) is 0. The molecule has 0 aliphatic heterocycles. The van der Waals surface area contributed by atoms with Crippen LogP contribution in [0.5, 0.6) is 5.75 Å². The smallest absolute Gasteiger partial charge is 0.168 e. The van der Waals surface area contributed by atoms with E-state index < -0.39 is 17.4 Å². The third-order valence-electron chi connectivity index (χ3n) is 2.67. The number of halogens is 2. The minimum absolute atomic E-state index is 0.223. The Morgan fingerprint density at radius 2 is 1.94 bits per heavy atom. The van der Waals surface area contributed by atoms with Crippen molar-refractivity contribution in [2.45, 2.75) is 39.3 Å². The minimum atomic E-state index is -0.923. The fourth-order valence-electron chi connectivity index (χ4n) is 1.55. The van der Waals surface area contributed by atoms with E-state index >= 15 is 0 Å². The fraction of sp³-hybridized carbons (Fsp3) is 0.500. The van der Waals surface area contributed by atoms with Gasteiger partial charge in [-0.1, -0.05) is 6.92 Å². The third-order valence-corrected chi connectivity index (χ3v) is 2.67. The molecule has 1 aromatic rings. The summed E-state index contributed by atoms with van der Waals surface area (Å²) in [6, 6.07) is 1.76. The van der Waals surface area contributed by atoms with Crippen molar-refractivity contribution in [2.24, 2.45) is 0 Å². The first-order valence-corrected chi connectivity index (χ1v) is 5.39. The van der Waals surface area contributed by atoms with E-state index in [2.05, 4.69) is 5.32 Å². The van der Waals surface area contributed by atoms with Gasteiger partial charge in [-0.25, -0.2) is 8.78 Å². The largest absolute Gasteiger partial charge is 0.505 e. The molecule has 90 valence electrons. The highest BCUT2D eigenvalue weighted by atomic mass is 19.1. The Hall–Kier alpha value is -1.16. The van der Waals surface area contributed by atoms with Crippen LogP contribution < -0.4 is 5.32 Å². The van der Waals surface area contributed by atoms with Crippen molar-refractivity contribution in [3.63, 3.8) is 0 Å². The van der Waals surface area contributed by atoms with E-state index in [1.54, 1.807) is 6.92 Å². The molecule has 2 N–H and O–H groups in total. The summed E-state index contributed by atoms with van der Waals surface area (Å²) in [7, 11) is 0. The van der Waals surface area contributed by atoms with Crippen LogP contribution in [0.4, 0.5) is 8.78 Å². The van der Waals surface area contributed by atoms with Gasteiger partial charge >= 0.3 is 0 Å². The molecule has 16 heavy (non-hydrogen) atoms. The molecule has 0 radical (unpaired) electrons. The van der Waals surface area contributed by atoms with Crippen LogP contribution in [0.3, 0.4) is 0 Å². The molecule has 4 heteroatoms. The topological polar surface area (TPSA) is 32.3 Å². The Labute approximate surface area is 94.3 Å². The quantitative estimate of drug-likeness (QED) is 0.831. The molecular formula is C12H17F2NO. The lowest BCUT2D eigenvalue weighted by molar-refractivity contribution is 0.399. The highest BCUT2D eigenvalue weighted by molar-refractivity contribution is 5.36. The Balaban J connectivity index is 2.94. The summed E-state index contributed by atoms with van der Waals surface area (Å²) >= 11 is 0. The normalized spacial score (nSPS) is 14.8. The summed E-state index contributed by atoms with van der Waals surface area (Å²) < 4.78 is 26.1. The molecule has 1 aromatic carbocycles. The predicted molar refractivity (Wildman–Crippen MR) is 59.3 cm³/mol. The number of hydrogen-bond acceptors (Lipinski definition) is 2. The predicted octanol–water partition coefficient (Wildman–Crippen LogP) is 3.12. The highest BCUT2D eigenvalue weighted by Gasteiger charge is 2.16. The summed E-state index contributed by atoms with van der Waals surface area (Å²) in [6.07, 6.45) is 0.906. The molecule has 2 unspecified atom stereocenters. The average molecular weight is 229 g/mol. The lowest BCUT2D eigenvalue weighted by Gasteiger charge is -2.20. The van der Waals surface area contributed by atoms with Crippen LogP contribution in [0.1, 0.15) is 38.8 Å². The number of phenolic OH excluding ortho intramolecular Hbond substituents is 1. The van der Waals surface area contributed by atoms with Crippen molar-refractivity contribution in [3.8, 4) is 5.75 Å². The SMILES string of the molecule is CCC(C)NC(C)c1cc(F)cc(F)c1O. The zero-order chi connectivity index (χ0) is 12.3. The second-order valence-corrected chi connectivity index (χ2v) is 4.02. The van der Waals surface area contributed by atoms with E-state index in [4.69, 9.17) is 0 Å². The van der Waals surface area contributed by atoms with E-state index in [-0.39, 0.29) is 17.6 Å². The Kier molecular flexibility index (Phi) is 4.24. The van der Waals surface area contributed by atoms with E-state index in [9.17, 15) is 13.9 Å². The standard InChI is InChI=1S/C12H17F2NO/c1-4-7(2)15-8(3)10-5-9(13)6-11(14)12(10)16/h5-8,15-16H,4H2,1-3H3. The van der Waals surface area contributed by atoms with Crippen LogP contribution >= 0.6 is 0 Å². The maximum Gasteiger partial charge on any atom is 0.168 e.